The zero-order chi connectivity index (χ0) is 6.81. The van der Waals surface area contributed by atoms with Crippen molar-refractivity contribution in [3.8, 4) is 0 Å². The molecule has 0 saturated heterocycles. The first-order valence-electron chi connectivity index (χ1n) is 3.63. The summed E-state index contributed by atoms with van der Waals surface area (Å²) in [6.07, 6.45) is 6.59. The standard InChI is InChI=1S/C7H9N3/c1-2-4-7-6(3-1)5-8-10-9-7/h5H,1-4H2. The second-order valence-electron chi connectivity index (χ2n) is 2.61. The van der Waals surface area contributed by atoms with Crippen molar-refractivity contribution in [1.82, 2.24) is 15.4 Å². The lowest BCUT2D eigenvalue weighted by molar-refractivity contribution is 0.636. The number of aryl methyl sites for hydroxylation is 2. The smallest absolute Gasteiger partial charge is 0.0696 e. The Hall–Kier alpha value is -0.990. The molecule has 0 amide bonds. The van der Waals surface area contributed by atoms with E-state index in [1.807, 2.05) is 6.20 Å². The molecular formula is C7H9N3. The van der Waals surface area contributed by atoms with Gasteiger partial charge in [-0.05, 0) is 36.5 Å². The van der Waals surface area contributed by atoms with Gasteiger partial charge in [0.2, 0.25) is 0 Å². The molecule has 2 rings (SSSR count). The van der Waals surface area contributed by atoms with Crippen LogP contribution in [0.25, 0.3) is 0 Å². The normalized spacial score (nSPS) is 16.4. The third kappa shape index (κ3) is 0.875. The molecule has 0 unspecified atom stereocenters. The highest BCUT2D eigenvalue weighted by Crippen LogP contribution is 2.16. The second-order valence-corrected chi connectivity index (χ2v) is 2.61. The van der Waals surface area contributed by atoms with Crippen molar-refractivity contribution in [3.05, 3.63) is 17.5 Å². The van der Waals surface area contributed by atoms with Crippen molar-refractivity contribution in [2.24, 2.45) is 0 Å². The van der Waals surface area contributed by atoms with Gasteiger partial charge in [0.15, 0.2) is 0 Å². The Morgan fingerprint density at radius 3 is 3.00 bits per heavy atom. The molecule has 3 heteroatoms. The lowest BCUT2D eigenvalue weighted by Crippen LogP contribution is -2.07. The molecule has 0 aromatic carbocycles. The molecule has 0 bridgehead atoms. The van der Waals surface area contributed by atoms with E-state index in [0.29, 0.717) is 0 Å². The van der Waals surface area contributed by atoms with Gasteiger partial charge in [-0.25, -0.2) is 0 Å². The Balaban J connectivity index is 2.41. The molecule has 0 atom stereocenters. The van der Waals surface area contributed by atoms with Crippen LogP contribution in [-0.4, -0.2) is 15.4 Å². The van der Waals surface area contributed by atoms with Crippen molar-refractivity contribution < 1.29 is 0 Å². The SMILES string of the molecule is c1nnnc2c1CCCC2. The van der Waals surface area contributed by atoms with E-state index in [1.54, 1.807) is 0 Å². The van der Waals surface area contributed by atoms with Crippen LogP contribution in [0, 0.1) is 0 Å². The highest BCUT2D eigenvalue weighted by molar-refractivity contribution is 5.16. The second kappa shape index (κ2) is 2.33. The van der Waals surface area contributed by atoms with Crippen molar-refractivity contribution in [3.63, 3.8) is 0 Å². The maximum Gasteiger partial charge on any atom is 0.0696 e. The van der Waals surface area contributed by atoms with Crippen LogP contribution in [0.3, 0.4) is 0 Å². The molecule has 1 heterocycles. The van der Waals surface area contributed by atoms with Gasteiger partial charge in [0.05, 0.1) is 11.9 Å². The fourth-order valence-corrected chi connectivity index (χ4v) is 1.34. The van der Waals surface area contributed by atoms with Gasteiger partial charge in [-0.1, -0.05) is 0 Å². The zero-order valence-electron chi connectivity index (χ0n) is 5.75. The number of hydrogen-bond acceptors (Lipinski definition) is 3. The maximum atomic E-state index is 3.96. The van der Waals surface area contributed by atoms with Gasteiger partial charge in [-0.15, -0.1) is 10.2 Å². The first-order chi connectivity index (χ1) is 4.97. The first kappa shape index (κ1) is 5.77. The Labute approximate surface area is 59.5 Å². The molecule has 1 aliphatic rings. The van der Waals surface area contributed by atoms with Crippen molar-refractivity contribution >= 4 is 0 Å². The van der Waals surface area contributed by atoms with E-state index in [2.05, 4.69) is 15.4 Å². The maximum absolute atomic E-state index is 3.96. The Kier molecular flexibility index (Phi) is 1.34. The number of hydrogen-bond donors (Lipinski definition) is 0. The lowest BCUT2D eigenvalue weighted by Gasteiger charge is -2.10. The average molecular weight is 135 g/mol. The fraction of sp³-hybridized carbons (Fsp3) is 0.571. The molecule has 10 heavy (non-hydrogen) atoms. The van der Waals surface area contributed by atoms with Gasteiger partial charge >= 0.3 is 0 Å². The van der Waals surface area contributed by atoms with E-state index in [1.165, 1.54) is 18.4 Å². The zero-order valence-corrected chi connectivity index (χ0v) is 5.75. The van der Waals surface area contributed by atoms with Gasteiger partial charge in [0.25, 0.3) is 0 Å². The quantitative estimate of drug-likeness (QED) is 0.527. The third-order valence-corrected chi connectivity index (χ3v) is 1.91. The molecule has 0 saturated carbocycles. The fourth-order valence-electron chi connectivity index (χ4n) is 1.34. The predicted octanol–water partition coefficient (Wildman–Crippen LogP) is 0.750. The van der Waals surface area contributed by atoms with Gasteiger partial charge in [-0.3, -0.25) is 0 Å². The summed E-state index contributed by atoms with van der Waals surface area (Å²) in [7, 11) is 0. The topological polar surface area (TPSA) is 38.7 Å². The molecule has 0 aliphatic heterocycles. The van der Waals surface area contributed by atoms with Crippen LogP contribution < -0.4 is 0 Å². The summed E-state index contributed by atoms with van der Waals surface area (Å²) in [4.78, 5) is 0. The monoisotopic (exact) mass is 135 g/mol. The van der Waals surface area contributed by atoms with Crippen LogP contribution in [0.4, 0.5) is 0 Å². The minimum Gasteiger partial charge on any atom is -0.138 e. The number of fused-ring (bicyclic) bond motifs is 1. The van der Waals surface area contributed by atoms with Crippen molar-refractivity contribution in [1.29, 1.82) is 0 Å². The van der Waals surface area contributed by atoms with Gasteiger partial charge in [0.1, 0.15) is 0 Å². The third-order valence-electron chi connectivity index (χ3n) is 1.91. The number of nitrogens with zero attached hydrogens (tertiary/aromatic N) is 3. The van der Waals surface area contributed by atoms with Crippen LogP contribution in [0.2, 0.25) is 0 Å². The van der Waals surface area contributed by atoms with E-state index in [0.717, 1.165) is 18.5 Å². The molecule has 0 N–H and O–H groups in total. The summed E-state index contributed by atoms with van der Waals surface area (Å²) < 4.78 is 0. The van der Waals surface area contributed by atoms with E-state index < -0.39 is 0 Å². The van der Waals surface area contributed by atoms with Crippen LogP contribution in [0.15, 0.2) is 6.20 Å². The highest BCUT2D eigenvalue weighted by Gasteiger charge is 2.09. The van der Waals surface area contributed by atoms with Crippen LogP contribution in [0.5, 0.6) is 0 Å². The molecule has 0 fully saturated rings. The molecule has 3 nitrogen and oxygen atoms in total. The molecule has 1 aromatic rings. The van der Waals surface area contributed by atoms with Gasteiger partial charge < -0.3 is 0 Å². The van der Waals surface area contributed by atoms with E-state index in [4.69, 9.17) is 0 Å². The van der Waals surface area contributed by atoms with E-state index >= 15 is 0 Å². The predicted molar refractivity (Wildman–Crippen MR) is 36.5 cm³/mol. The largest absolute Gasteiger partial charge is 0.138 e. The van der Waals surface area contributed by atoms with Crippen LogP contribution in [0.1, 0.15) is 24.1 Å². The summed E-state index contributed by atoms with van der Waals surface area (Å²) in [5.74, 6) is 0. The van der Waals surface area contributed by atoms with E-state index in [9.17, 15) is 0 Å². The van der Waals surface area contributed by atoms with Gasteiger partial charge in [0, 0.05) is 0 Å². The lowest BCUT2D eigenvalue weighted by atomic mass is 9.98. The Bertz CT molecular complexity index is 209. The van der Waals surface area contributed by atoms with E-state index in [-0.39, 0.29) is 0 Å². The summed E-state index contributed by atoms with van der Waals surface area (Å²) in [6, 6.07) is 0. The Morgan fingerprint density at radius 2 is 2.10 bits per heavy atom. The Morgan fingerprint density at radius 1 is 1.20 bits per heavy atom. The first-order valence-corrected chi connectivity index (χ1v) is 3.63. The van der Waals surface area contributed by atoms with Crippen LogP contribution >= 0.6 is 0 Å². The minimum atomic E-state index is 1.09. The minimum absolute atomic E-state index is 1.09. The molecule has 52 valence electrons. The summed E-state index contributed by atoms with van der Waals surface area (Å²) in [5.41, 5.74) is 2.45. The highest BCUT2D eigenvalue weighted by atomic mass is 15.3. The molecule has 0 radical (unpaired) electrons. The van der Waals surface area contributed by atoms with Crippen molar-refractivity contribution in [2.45, 2.75) is 25.7 Å². The van der Waals surface area contributed by atoms with Gasteiger partial charge in [-0.2, -0.15) is 0 Å². The molecule has 1 aromatic heterocycles. The molecule has 0 spiro atoms. The van der Waals surface area contributed by atoms with Crippen LogP contribution in [-0.2, 0) is 12.8 Å². The average Bonchev–Trinajstić information content (AvgIpc) is 2.05. The number of rotatable bonds is 0. The number of aromatic nitrogens is 3. The molecule has 1 aliphatic carbocycles. The summed E-state index contributed by atoms with van der Waals surface area (Å²) >= 11 is 0. The van der Waals surface area contributed by atoms with Crippen molar-refractivity contribution in [2.75, 3.05) is 0 Å². The summed E-state index contributed by atoms with van der Waals surface area (Å²) in [6.45, 7) is 0. The molecular weight excluding hydrogens is 126 g/mol. The summed E-state index contributed by atoms with van der Waals surface area (Å²) in [5, 5.41) is 11.3.